The van der Waals surface area contributed by atoms with Crippen LogP contribution in [-0.2, 0) is 7.05 Å². The van der Waals surface area contributed by atoms with Gasteiger partial charge in [-0.3, -0.25) is 0 Å². The fraction of sp³-hybridized carbons (Fsp3) is 0.400. The molecule has 1 fully saturated rings. The molecule has 3 heteroatoms. The van der Waals surface area contributed by atoms with Crippen molar-refractivity contribution in [3.63, 3.8) is 0 Å². The van der Waals surface area contributed by atoms with Gasteiger partial charge in [-0.25, -0.2) is 4.98 Å². The molecule has 0 saturated heterocycles. The Morgan fingerprint density at radius 1 is 1.33 bits per heavy atom. The van der Waals surface area contributed by atoms with Gasteiger partial charge >= 0.3 is 0 Å². The number of benzene rings is 1. The van der Waals surface area contributed by atoms with Crippen LogP contribution >= 0.6 is 0 Å². The van der Waals surface area contributed by atoms with Crippen LogP contribution in [0.15, 0.2) is 30.5 Å². The summed E-state index contributed by atoms with van der Waals surface area (Å²) in [6.07, 6.45) is 3.68. The summed E-state index contributed by atoms with van der Waals surface area (Å²) in [6.45, 7) is 1.95. The van der Waals surface area contributed by atoms with Gasteiger partial charge in [0, 0.05) is 7.05 Å². The van der Waals surface area contributed by atoms with Crippen LogP contribution in [0.1, 0.15) is 47.5 Å². The van der Waals surface area contributed by atoms with E-state index in [2.05, 4.69) is 17.1 Å². The first-order valence-corrected chi connectivity index (χ1v) is 6.43. The number of aliphatic hydroxyl groups is 1. The van der Waals surface area contributed by atoms with Crippen LogP contribution in [0, 0.1) is 6.92 Å². The molecule has 0 bridgehead atoms. The van der Waals surface area contributed by atoms with Crippen LogP contribution < -0.4 is 0 Å². The minimum Gasteiger partial charge on any atom is -0.382 e. The van der Waals surface area contributed by atoms with E-state index in [0.29, 0.717) is 5.92 Å². The van der Waals surface area contributed by atoms with Crippen molar-refractivity contribution in [1.29, 1.82) is 0 Å². The van der Waals surface area contributed by atoms with Gasteiger partial charge in [-0.1, -0.05) is 24.3 Å². The van der Waals surface area contributed by atoms with E-state index in [4.69, 9.17) is 0 Å². The number of imidazole rings is 1. The molecule has 3 rings (SSSR count). The monoisotopic (exact) mass is 242 g/mol. The standard InChI is InChI=1S/C15H18N2O/c1-10-16-9-14(17(10)2)15(18)13-6-4-3-5-12(13)11-7-8-11/h3-6,9,11,15,18H,7-8H2,1-2H3. The van der Waals surface area contributed by atoms with E-state index in [0.717, 1.165) is 17.1 Å². The van der Waals surface area contributed by atoms with Crippen LogP contribution in [0.2, 0.25) is 0 Å². The van der Waals surface area contributed by atoms with Gasteiger partial charge in [0.2, 0.25) is 0 Å². The van der Waals surface area contributed by atoms with Crippen molar-refractivity contribution in [2.45, 2.75) is 31.8 Å². The molecule has 2 aromatic rings. The number of nitrogens with zero attached hydrogens (tertiary/aromatic N) is 2. The first-order chi connectivity index (χ1) is 8.68. The zero-order chi connectivity index (χ0) is 12.7. The fourth-order valence-corrected chi connectivity index (χ4v) is 2.46. The van der Waals surface area contributed by atoms with Gasteiger partial charge in [0.05, 0.1) is 11.9 Å². The van der Waals surface area contributed by atoms with E-state index in [1.54, 1.807) is 6.20 Å². The summed E-state index contributed by atoms with van der Waals surface area (Å²) in [5, 5.41) is 10.6. The molecule has 0 radical (unpaired) electrons. The number of rotatable bonds is 3. The van der Waals surface area contributed by atoms with Crippen molar-refractivity contribution in [3.05, 3.63) is 53.1 Å². The summed E-state index contributed by atoms with van der Waals surface area (Å²) in [4.78, 5) is 4.26. The molecule has 0 spiro atoms. The van der Waals surface area contributed by atoms with E-state index in [-0.39, 0.29) is 0 Å². The summed E-state index contributed by atoms with van der Waals surface area (Å²) in [5.41, 5.74) is 3.19. The molecule has 1 aromatic carbocycles. The van der Waals surface area contributed by atoms with Gasteiger partial charge in [-0.05, 0) is 36.8 Å². The van der Waals surface area contributed by atoms with E-state index < -0.39 is 6.10 Å². The Hall–Kier alpha value is -1.61. The van der Waals surface area contributed by atoms with Gasteiger partial charge in [0.1, 0.15) is 11.9 Å². The van der Waals surface area contributed by atoms with Crippen molar-refractivity contribution < 1.29 is 5.11 Å². The fourth-order valence-electron chi connectivity index (χ4n) is 2.46. The van der Waals surface area contributed by atoms with Crippen LogP contribution in [0.4, 0.5) is 0 Å². The van der Waals surface area contributed by atoms with Crippen molar-refractivity contribution in [2.75, 3.05) is 0 Å². The molecule has 3 nitrogen and oxygen atoms in total. The lowest BCUT2D eigenvalue weighted by Crippen LogP contribution is -2.08. The van der Waals surface area contributed by atoms with Crippen molar-refractivity contribution in [2.24, 2.45) is 7.05 Å². The first kappa shape index (κ1) is 11.5. The highest BCUT2D eigenvalue weighted by atomic mass is 16.3. The molecule has 1 N–H and O–H groups in total. The maximum atomic E-state index is 10.6. The molecule has 1 saturated carbocycles. The third-order valence-corrected chi connectivity index (χ3v) is 3.84. The van der Waals surface area contributed by atoms with Gasteiger partial charge in [-0.15, -0.1) is 0 Å². The van der Waals surface area contributed by atoms with E-state index >= 15 is 0 Å². The first-order valence-electron chi connectivity index (χ1n) is 6.43. The predicted molar refractivity (Wildman–Crippen MR) is 70.4 cm³/mol. The molecule has 94 valence electrons. The second-order valence-electron chi connectivity index (χ2n) is 5.10. The van der Waals surface area contributed by atoms with Gasteiger partial charge in [-0.2, -0.15) is 0 Å². The number of hydrogen-bond donors (Lipinski definition) is 1. The van der Waals surface area contributed by atoms with Crippen molar-refractivity contribution in [3.8, 4) is 0 Å². The zero-order valence-corrected chi connectivity index (χ0v) is 10.8. The summed E-state index contributed by atoms with van der Waals surface area (Å²) in [6, 6.07) is 8.21. The van der Waals surface area contributed by atoms with Gasteiger partial charge in [0.15, 0.2) is 0 Å². The highest BCUT2D eigenvalue weighted by molar-refractivity contribution is 5.38. The molecular weight excluding hydrogens is 224 g/mol. The molecule has 1 atom stereocenters. The van der Waals surface area contributed by atoms with Crippen LogP contribution in [-0.4, -0.2) is 14.7 Å². The molecule has 1 unspecified atom stereocenters. The molecule has 1 aromatic heterocycles. The largest absolute Gasteiger partial charge is 0.382 e. The third kappa shape index (κ3) is 1.85. The predicted octanol–water partition coefficient (Wildman–Crippen LogP) is 2.69. The highest BCUT2D eigenvalue weighted by Crippen LogP contribution is 2.43. The summed E-state index contributed by atoms with van der Waals surface area (Å²) in [5.74, 6) is 1.57. The van der Waals surface area contributed by atoms with E-state index in [1.807, 2.05) is 30.7 Å². The lowest BCUT2D eigenvalue weighted by atomic mass is 9.97. The van der Waals surface area contributed by atoms with Crippen LogP contribution in [0.3, 0.4) is 0 Å². The topological polar surface area (TPSA) is 38.1 Å². The Morgan fingerprint density at radius 3 is 2.67 bits per heavy atom. The molecule has 1 heterocycles. The number of hydrogen-bond acceptors (Lipinski definition) is 2. The SMILES string of the molecule is Cc1ncc(C(O)c2ccccc2C2CC2)n1C. The van der Waals surface area contributed by atoms with Gasteiger partial charge < -0.3 is 9.67 Å². The molecule has 18 heavy (non-hydrogen) atoms. The van der Waals surface area contributed by atoms with Gasteiger partial charge in [0.25, 0.3) is 0 Å². The number of aromatic nitrogens is 2. The number of aryl methyl sites for hydroxylation is 1. The normalized spacial score (nSPS) is 16.8. The Morgan fingerprint density at radius 2 is 2.06 bits per heavy atom. The minimum absolute atomic E-state index is 0.576. The second-order valence-corrected chi connectivity index (χ2v) is 5.10. The summed E-state index contributed by atoms with van der Waals surface area (Å²) < 4.78 is 1.95. The number of aliphatic hydroxyl groups excluding tert-OH is 1. The molecule has 1 aliphatic carbocycles. The lowest BCUT2D eigenvalue weighted by molar-refractivity contribution is 0.210. The average Bonchev–Trinajstić information content (AvgIpc) is 3.17. The quantitative estimate of drug-likeness (QED) is 0.898. The van der Waals surface area contributed by atoms with Crippen molar-refractivity contribution >= 4 is 0 Å². The lowest BCUT2D eigenvalue weighted by Gasteiger charge is -2.16. The Bertz CT molecular complexity index is 570. The molecule has 0 aliphatic heterocycles. The molecule has 0 amide bonds. The molecular formula is C15H18N2O. The second kappa shape index (κ2) is 4.25. The Labute approximate surface area is 107 Å². The average molecular weight is 242 g/mol. The van der Waals surface area contributed by atoms with Crippen LogP contribution in [0.5, 0.6) is 0 Å². The smallest absolute Gasteiger partial charge is 0.121 e. The third-order valence-electron chi connectivity index (χ3n) is 3.84. The van der Waals surface area contributed by atoms with Crippen molar-refractivity contribution in [1.82, 2.24) is 9.55 Å². The Balaban J connectivity index is 2.02. The Kier molecular flexibility index (Phi) is 2.71. The minimum atomic E-state index is -0.576. The van der Waals surface area contributed by atoms with E-state index in [1.165, 1.54) is 18.4 Å². The highest BCUT2D eigenvalue weighted by Gasteiger charge is 2.28. The summed E-state index contributed by atoms with van der Waals surface area (Å²) in [7, 11) is 1.95. The van der Waals surface area contributed by atoms with Crippen LogP contribution in [0.25, 0.3) is 0 Å². The maximum absolute atomic E-state index is 10.6. The summed E-state index contributed by atoms with van der Waals surface area (Å²) >= 11 is 0. The molecule has 1 aliphatic rings. The van der Waals surface area contributed by atoms with E-state index in [9.17, 15) is 5.11 Å². The zero-order valence-electron chi connectivity index (χ0n) is 10.8. The maximum Gasteiger partial charge on any atom is 0.121 e.